The van der Waals surface area contributed by atoms with Crippen molar-refractivity contribution < 1.29 is 4.79 Å². The third-order valence-corrected chi connectivity index (χ3v) is 6.02. The predicted molar refractivity (Wildman–Crippen MR) is 116 cm³/mol. The van der Waals surface area contributed by atoms with Gasteiger partial charge in [0.2, 0.25) is 0 Å². The summed E-state index contributed by atoms with van der Waals surface area (Å²) in [5, 5.41) is 6.49. The summed E-state index contributed by atoms with van der Waals surface area (Å²) in [7, 11) is 0. The molecule has 2 fully saturated rings. The maximum absolute atomic E-state index is 12.4. The summed E-state index contributed by atoms with van der Waals surface area (Å²) in [6, 6.07) is 15.5. The number of nitrogen functional groups attached to an aromatic ring is 1. The molecule has 1 aliphatic carbocycles. The van der Waals surface area contributed by atoms with E-state index in [9.17, 15) is 4.79 Å². The van der Waals surface area contributed by atoms with E-state index in [1.54, 1.807) is 12.1 Å². The molecule has 4 N–H and O–H groups in total. The van der Waals surface area contributed by atoms with Crippen molar-refractivity contribution in [1.82, 2.24) is 4.90 Å². The average molecular weight is 379 g/mol. The summed E-state index contributed by atoms with van der Waals surface area (Å²) >= 11 is 0. The molecular weight excluding hydrogens is 348 g/mol. The van der Waals surface area contributed by atoms with Crippen LogP contribution in [0.1, 0.15) is 43.0 Å². The van der Waals surface area contributed by atoms with Crippen LogP contribution in [0.15, 0.2) is 48.5 Å². The molecule has 5 nitrogen and oxygen atoms in total. The normalized spacial score (nSPS) is 19.2. The monoisotopic (exact) mass is 378 g/mol. The molecule has 4 rings (SSSR count). The minimum atomic E-state index is -0.147. The molecule has 0 radical (unpaired) electrons. The van der Waals surface area contributed by atoms with Gasteiger partial charge in [-0.3, -0.25) is 4.79 Å². The number of nitrogens with one attached hydrogen (secondary N) is 2. The summed E-state index contributed by atoms with van der Waals surface area (Å²) < 4.78 is 0. The van der Waals surface area contributed by atoms with Crippen molar-refractivity contribution in [2.75, 3.05) is 36.0 Å². The zero-order chi connectivity index (χ0) is 19.6. The van der Waals surface area contributed by atoms with Gasteiger partial charge in [0.05, 0.1) is 11.4 Å². The second-order valence-corrected chi connectivity index (χ2v) is 8.62. The molecule has 1 aliphatic heterocycles. The van der Waals surface area contributed by atoms with E-state index in [-0.39, 0.29) is 5.91 Å². The van der Waals surface area contributed by atoms with Crippen LogP contribution in [0.3, 0.4) is 0 Å². The Hall–Kier alpha value is -2.53. The van der Waals surface area contributed by atoms with Gasteiger partial charge in [0.15, 0.2) is 0 Å². The van der Waals surface area contributed by atoms with Crippen LogP contribution in [-0.2, 0) is 0 Å². The summed E-state index contributed by atoms with van der Waals surface area (Å²) in [6.45, 7) is 6.01. The Bertz CT molecular complexity index is 821. The van der Waals surface area contributed by atoms with Crippen LogP contribution in [0.25, 0.3) is 0 Å². The van der Waals surface area contributed by atoms with Gasteiger partial charge >= 0.3 is 0 Å². The van der Waals surface area contributed by atoms with E-state index in [4.69, 9.17) is 5.73 Å². The highest BCUT2D eigenvalue weighted by Gasteiger charge is 2.39. The van der Waals surface area contributed by atoms with Crippen molar-refractivity contribution in [3.8, 4) is 0 Å². The van der Waals surface area contributed by atoms with E-state index < -0.39 is 0 Å². The van der Waals surface area contributed by atoms with E-state index >= 15 is 0 Å². The first-order chi connectivity index (χ1) is 13.5. The number of nitrogens with two attached hydrogens (primary N) is 1. The van der Waals surface area contributed by atoms with E-state index in [0.29, 0.717) is 28.4 Å². The lowest BCUT2D eigenvalue weighted by atomic mass is 10.0. The van der Waals surface area contributed by atoms with Crippen molar-refractivity contribution in [3.63, 3.8) is 0 Å². The summed E-state index contributed by atoms with van der Waals surface area (Å²) in [5.41, 5.74) is 9.40. The molecular formula is C23H30N4O. The summed E-state index contributed by atoms with van der Waals surface area (Å²) in [4.78, 5) is 15.0. The largest absolute Gasteiger partial charge is 0.397 e. The number of hydrogen-bond donors (Lipinski definition) is 3. The summed E-state index contributed by atoms with van der Waals surface area (Å²) in [6.07, 6.45) is 5.13. The first-order valence-corrected chi connectivity index (χ1v) is 10.3. The number of rotatable bonds is 6. The first-order valence-electron chi connectivity index (χ1n) is 10.3. The van der Waals surface area contributed by atoms with Crippen molar-refractivity contribution in [1.29, 1.82) is 0 Å². The lowest BCUT2D eigenvalue weighted by Gasteiger charge is -2.34. The molecule has 28 heavy (non-hydrogen) atoms. The van der Waals surface area contributed by atoms with Crippen LogP contribution in [-0.4, -0.2) is 36.5 Å². The first kappa shape index (κ1) is 18.8. The molecule has 2 aromatic rings. The van der Waals surface area contributed by atoms with Crippen LogP contribution in [0.4, 0.5) is 17.1 Å². The quantitative estimate of drug-likeness (QED) is 0.659. The maximum atomic E-state index is 12.4. The number of benzene rings is 2. The molecule has 1 heterocycles. The Morgan fingerprint density at radius 3 is 2.43 bits per heavy atom. The number of nitrogens with zero attached hydrogens (tertiary/aromatic N) is 1. The van der Waals surface area contributed by atoms with Crippen molar-refractivity contribution in [2.24, 2.45) is 5.41 Å². The lowest BCUT2D eigenvalue weighted by molar-refractivity contribution is 0.102. The van der Waals surface area contributed by atoms with Gasteiger partial charge in [-0.05, 0) is 67.5 Å². The molecule has 148 valence electrons. The van der Waals surface area contributed by atoms with Gasteiger partial charge < -0.3 is 21.3 Å². The number of carbonyl (C=O) groups is 1. The van der Waals surface area contributed by atoms with Crippen LogP contribution in [0, 0.1) is 5.41 Å². The number of piperidine rings is 1. The molecule has 5 heteroatoms. The molecule has 0 bridgehead atoms. The molecule has 0 atom stereocenters. The fraction of sp³-hybridized carbons (Fsp3) is 0.435. The van der Waals surface area contributed by atoms with Gasteiger partial charge in [-0.25, -0.2) is 0 Å². The van der Waals surface area contributed by atoms with Crippen LogP contribution < -0.4 is 16.4 Å². The van der Waals surface area contributed by atoms with E-state index in [0.717, 1.165) is 5.69 Å². The highest BCUT2D eigenvalue weighted by atomic mass is 16.1. The van der Waals surface area contributed by atoms with Crippen molar-refractivity contribution >= 4 is 23.0 Å². The zero-order valence-corrected chi connectivity index (χ0v) is 16.6. The number of anilines is 3. The minimum absolute atomic E-state index is 0.147. The number of carbonyl (C=O) groups excluding carboxylic acids is 1. The minimum Gasteiger partial charge on any atom is -0.397 e. The van der Waals surface area contributed by atoms with Crippen molar-refractivity contribution in [2.45, 2.75) is 38.6 Å². The molecule has 1 saturated heterocycles. The van der Waals surface area contributed by atoms with Gasteiger partial charge in [-0.2, -0.15) is 0 Å². The lowest BCUT2D eigenvalue weighted by Crippen LogP contribution is -2.41. The Morgan fingerprint density at radius 2 is 1.79 bits per heavy atom. The molecule has 0 aromatic heterocycles. The van der Waals surface area contributed by atoms with Gasteiger partial charge in [-0.15, -0.1) is 0 Å². The van der Waals surface area contributed by atoms with E-state index in [2.05, 4.69) is 22.5 Å². The number of para-hydroxylation sites is 2. The average Bonchev–Trinajstić information content (AvgIpc) is 3.42. The Balaban J connectivity index is 1.28. The Morgan fingerprint density at radius 1 is 1.11 bits per heavy atom. The molecule has 1 amide bonds. The van der Waals surface area contributed by atoms with Crippen LogP contribution in [0.5, 0.6) is 0 Å². The van der Waals surface area contributed by atoms with E-state index in [1.807, 2.05) is 36.4 Å². The molecule has 2 aliphatic rings. The number of hydrogen-bond acceptors (Lipinski definition) is 4. The highest BCUT2D eigenvalue weighted by molar-refractivity contribution is 6.05. The third-order valence-electron chi connectivity index (χ3n) is 6.02. The van der Waals surface area contributed by atoms with Gasteiger partial charge in [0.1, 0.15) is 0 Å². The molecule has 0 spiro atoms. The zero-order valence-electron chi connectivity index (χ0n) is 16.6. The standard InChI is InChI=1S/C23H30N4O/c1-23(12-13-23)16-27-14-10-19(11-15-27)25-18-8-6-17(7-9-18)22(28)26-21-5-3-2-4-20(21)24/h2-9,19,25H,10-16,24H2,1H3,(H,26,28). The fourth-order valence-electron chi connectivity index (χ4n) is 3.91. The second kappa shape index (κ2) is 7.84. The maximum Gasteiger partial charge on any atom is 0.255 e. The van der Waals surface area contributed by atoms with Gasteiger partial charge in [0.25, 0.3) is 5.91 Å². The molecule has 1 saturated carbocycles. The highest BCUT2D eigenvalue weighted by Crippen LogP contribution is 2.45. The van der Waals surface area contributed by atoms with Crippen LogP contribution >= 0.6 is 0 Å². The van der Waals surface area contributed by atoms with Crippen molar-refractivity contribution in [3.05, 3.63) is 54.1 Å². The van der Waals surface area contributed by atoms with Gasteiger partial charge in [0, 0.05) is 36.9 Å². The smallest absolute Gasteiger partial charge is 0.255 e. The fourth-order valence-corrected chi connectivity index (χ4v) is 3.91. The summed E-state index contributed by atoms with van der Waals surface area (Å²) in [5.74, 6) is -0.147. The number of likely N-dealkylation sites (tertiary alicyclic amines) is 1. The topological polar surface area (TPSA) is 70.4 Å². The van der Waals surface area contributed by atoms with Crippen LogP contribution in [0.2, 0.25) is 0 Å². The Labute approximate surface area is 167 Å². The predicted octanol–water partition coefficient (Wildman–Crippen LogP) is 4.20. The SMILES string of the molecule is CC1(CN2CCC(Nc3ccc(C(=O)Nc4ccccc4N)cc3)CC2)CC1. The number of amides is 1. The Kier molecular flexibility index (Phi) is 5.27. The molecule has 2 aromatic carbocycles. The molecule has 0 unspecified atom stereocenters. The second-order valence-electron chi connectivity index (χ2n) is 8.62. The van der Waals surface area contributed by atoms with E-state index in [1.165, 1.54) is 45.3 Å². The third kappa shape index (κ3) is 4.65. The van der Waals surface area contributed by atoms with Gasteiger partial charge in [-0.1, -0.05) is 19.1 Å².